The van der Waals surface area contributed by atoms with Crippen LogP contribution in [0, 0.1) is 5.92 Å². The van der Waals surface area contributed by atoms with Crippen molar-refractivity contribution in [3.63, 3.8) is 0 Å². The van der Waals surface area contributed by atoms with Crippen LogP contribution in [0.5, 0.6) is 0 Å². The van der Waals surface area contributed by atoms with Crippen molar-refractivity contribution < 1.29 is 14.7 Å². The van der Waals surface area contributed by atoms with Gasteiger partial charge in [-0.15, -0.1) is 0 Å². The molecule has 30 heavy (non-hydrogen) atoms. The van der Waals surface area contributed by atoms with E-state index in [1.54, 1.807) is 0 Å². The summed E-state index contributed by atoms with van der Waals surface area (Å²) in [6.07, 6.45) is 6.98. The quantitative estimate of drug-likeness (QED) is 0.647. The smallest absolute Gasteiger partial charge is 0.226 e. The van der Waals surface area contributed by atoms with E-state index in [0.29, 0.717) is 30.7 Å². The molecule has 1 fully saturated rings. The Bertz CT molecular complexity index is 864. The highest BCUT2D eigenvalue weighted by molar-refractivity contribution is 5.98. The fraction of sp³-hybridized carbons (Fsp3) is 0.462. The molecule has 1 N–H and O–H groups in total. The predicted octanol–water partition coefficient (Wildman–Crippen LogP) is 4.72. The third kappa shape index (κ3) is 4.99. The van der Waals surface area contributed by atoms with Gasteiger partial charge in [0, 0.05) is 30.6 Å². The second-order valence-corrected chi connectivity index (χ2v) is 8.79. The number of rotatable bonds is 8. The van der Waals surface area contributed by atoms with E-state index in [0.717, 1.165) is 50.8 Å². The summed E-state index contributed by atoms with van der Waals surface area (Å²) in [5.41, 5.74) is 4.42. The van der Waals surface area contributed by atoms with Crippen molar-refractivity contribution in [1.29, 1.82) is 0 Å². The number of hydrogen-bond acceptors (Lipinski definition) is 3. The monoisotopic (exact) mass is 405 g/mol. The number of piperidine rings is 1. The average Bonchev–Trinajstić information content (AvgIpc) is 3.19. The Hall–Kier alpha value is -2.46. The SMILES string of the molecule is O=C(CCC(O)CCC1Cc2ccccc2C1)c1ccc(N2CCCCC2=O)cc1. The van der Waals surface area contributed by atoms with E-state index < -0.39 is 6.10 Å². The van der Waals surface area contributed by atoms with Crippen LogP contribution in [0.4, 0.5) is 5.69 Å². The lowest BCUT2D eigenvalue weighted by molar-refractivity contribution is -0.119. The first kappa shape index (κ1) is 20.8. The van der Waals surface area contributed by atoms with Crippen molar-refractivity contribution in [2.45, 2.75) is 63.9 Å². The minimum Gasteiger partial charge on any atom is -0.393 e. The van der Waals surface area contributed by atoms with E-state index in [9.17, 15) is 14.7 Å². The highest BCUT2D eigenvalue weighted by atomic mass is 16.3. The number of ketones is 1. The first-order valence-corrected chi connectivity index (χ1v) is 11.3. The molecule has 0 spiro atoms. The van der Waals surface area contributed by atoms with Gasteiger partial charge < -0.3 is 10.0 Å². The van der Waals surface area contributed by atoms with Gasteiger partial charge in [-0.1, -0.05) is 24.3 Å². The number of aliphatic hydroxyl groups is 1. The molecule has 1 aliphatic carbocycles. The number of aliphatic hydroxyl groups excluding tert-OH is 1. The summed E-state index contributed by atoms with van der Waals surface area (Å²) < 4.78 is 0. The minimum absolute atomic E-state index is 0.0545. The maximum Gasteiger partial charge on any atom is 0.226 e. The normalized spacial score (nSPS) is 17.8. The zero-order valence-electron chi connectivity index (χ0n) is 17.6. The van der Waals surface area contributed by atoms with Crippen molar-refractivity contribution >= 4 is 17.4 Å². The highest BCUT2D eigenvalue weighted by Crippen LogP contribution is 2.30. The third-order valence-electron chi connectivity index (χ3n) is 6.57. The standard InChI is InChI=1S/C26H31NO3/c28-24(13-8-19-17-21-5-1-2-6-22(21)18-19)14-15-25(29)20-9-11-23(12-10-20)27-16-4-3-7-26(27)30/h1-2,5-6,9-12,19,24,28H,3-4,7-8,13-18H2. The summed E-state index contributed by atoms with van der Waals surface area (Å²) in [6.45, 7) is 0.754. The van der Waals surface area contributed by atoms with Crippen LogP contribution in [0.1, 0.15) is 66.4 Å². The Morgan fingerprint density at radius 3 is 2.37 bits per heavy atom. The van der Waals surface area contributed by atoms with Crippen molar-refractivity contribution in [2.75, 3.05) is 11.4 Å². The molecule has 158 valence electrons. The van der Waals surface area contributed by atoms with Gasteiger partial charge in [0.15, 0.2) is 5.78 Å². The Morgan fingerprint density at radius 2 is 1.70 bits per heavy atom. The van der Waals surface area contributed by atoms with Crippen LogP contribution in [-0.2, 0) is 17.6 Å². The molecule has 1 amide bonds. The molecule has 4 nitrogen and oxygen atoms in total. The minimum atomic E-state index is -0.428. The number of hydrogen-bond donors (Lipinski definition) is 1. The maximum atomic E-state index is 12.5. The first-order valence-electron chi connectivity index (χ1n) is 11.3. The molecule has 4 heteroatoms. The number of Topliss-reactive ketones (excluding diaryl/α,β-unsaturated/α-hetero) is 1. The topological polar surface area (TPSA) is 57.6 Å². The van der Waals surface area contributed by atoms with E-state index >= 15 is 0 Å². The highest BCUT2D eigenvalue weighted by Gasteiger charge is 2.22. The number of carbonyl (C=O) groups excluding carboxylic acids is 2. The maximum absolute atomic E-state index is 12.5. The lowest BCUT2D eigenvalue weighted by atomic mass is 9.95. The molecule has 1 aliphatic heterocycles. The second kappa shape index (κ2) is 9.57. The summed E-state index contributed by atoms with van der Waals surface area (Å²) in [7, 11) is 0. The Kier molecular flexibility index (Phi) is 6.63. The van der Waals surface area contributed by atoms with Gasteiger partial charge in [0.05, 0.1) is 6.10 Å². The lowest BCUT2D eigenvalue weighted by Crippen LogP contribution is -2.35. The number of anilines is 1. The zero-order valence-corrected chi connectivity index (χ0v) is 17.6. The summed E-state index contributed by atoms with van der Waals surface area (Å²) in [5.74, 6) is 0.824. The fourth-order valence-electron chi connectivity index (χ4n) is 4.77. The van der Waals surface area contributed by atoms with Crippen LogP contribution in [0.3, 0.4) is 0 Å². The van der Waals surface area contributed by atoms with Gasteiger partial charge in [-0.25, -0.2) is 0 Å². The van der Waals surface area contributed by atoms with Crippen molar-refractivity contribution in [2.24, 2.45) is 5.92 Å². The Morgan fingerprint density at radius 1 is 1.00 bits per heavy atom. The van der Waals surface area contributed by atoms with Gasteiger partial charge >= 0.3 is 0 Å². The van der Waals surface area contributed by atoms with Crippen LogP contribution >= 0.6 is 0 Å². The molecule has 2 aromatic carbocycles. The number of amides is 1. The molecule has 0 aromatic heterocycles. The molecule has 4 rings (SSSR count). The molecule has 2 aliphatic rings. The number of benzene rings is 2. The van der Waals surface area contributed by atoms with Crippen molar-refractivity contribution in [3.05, 3.63) is 65.2 Å². The largest absolute Gasteiger partial charge is 0.393 e. The molecule has 0 saturated carbocycles. The molecule has 1 atom stereocenters. The van der Waals surface area contributed by atoms with Gasteiger partial charge in [0.25, 0.3) is 0 Å². The molecule has 1 heterocycles. The summed E-state index contributed by atoms with van der Waals surface area (Å²) in [5, 5.41) is 10.4. The van der Waals surface area contributed by atoms with Crippen LogP contribution in [-0.4, -0.2) is 29.4 Å². The first-order chi connectivity index (χ1) is 14.6. The number of fused-ring (bicyclic) bond motifs is 1. The summed E-state index contributed by atoms with van der Waals surface area (Å²) in [6, 6.07) is 15.9. The van der Waals surface area contributed by atoms with Gasteiger partial charge in [-0.3, -0.25) is 9.59 Å². The average molecular weight is 406 g/mol. The summed E-state index contributed by atoms with van der Waals surface area (Å²) >= 11 is 0. The van der Waals surface area contributed by atoms with E-state index in [-0.39, 0.29) is 11.7 Å². The van der Waals surface area contributed by atoms with Gasteiger partial charge in [0.1, 0.15) is 0 Å². The van der Waals surface area contributed by atoms with Crippen molar-refractivity contribution in [3.8, 4) is 0 Å². The van der Waals surface area contributed by atoms with E-state index in [1.807, 2.05) is 29.2 Å². The Labute approximate surface area is 178 Å². The number of nitrogens with zero attached hydrogens (tertiary/aromatic N) is 1. The van der Waals surface area contributed by atoms with Crippen LogP contribution in [0.2, 0.25) is 0 Å². The summed E-state index contributed by atoms with van der Waals surface area (Å²) in [4.78, 5) is 26.4. The second-order valence-electron chi connectivity index (χ2n) is 8.79. The molecule has 0 bridgehead atoms. The number of carbonyl (C=O) groups is 2. The molecular weight excluding hydrogens is 374 g/mol. The van der Waals surface area contributed by atoms with E-state index in [1.165, 1.54) is 11.1 Å². The van der Waals surface area contributed by atoms with Crippen LogP contribution in [0.25, 0.3) is 0 Å². The van der Waals surface area contributed by atoms with Crippen LogP contribution in [0.15, 0.2) is 48.5 Å². The van der Waals surface area contributed by atoms with Crippen molar-refractivity contribution in [1.82, 2.24) is 0 Å². The van der Waals surface area contributed by atoms with Gasteiger partial charge in [-0.2, -0.15) is 0 Å². The Balaban J connectivity index is 1.21. The lowest BCUT2D eigenvalue weighted by Gasteiger charge is -2.26. The molecule has 0 radical (unpaired) electrons. The zero-order chi connectivity index (χ0) is 20.9. The van der Waals surface area contributed by atoms with E-state index in [4.69, 9.17) is 0 Å². The van der Waals surface area contributed by atoms with Crippen LogP contribution < -0.4 is 4.90 Å². The van der Waals surface area contributed by atoms with Gasteiger partial charge in [0.2, 0.25) is 5.91 Å². The molecule has 1 saturated heterocycles. The van der Waals surface area contributed by atoms with E-state index in [2.05, 4.69) is 24.3 Å². The predicted molar refractivity (Wildman–Crippen MR) is 119 cm³/mol. The molecule has 2 aromatic rings. The van der Waals surface area contributed by atoms with Gasteiger partial charge in [-0.05, 0) is 86.3 Å². The fourth-order valence-corrected chi connectivity index (χ4v) is 4.77. The molecule has 1 unspecified atom stereocenters. The third-order valence-corrected chi connectivity index (χ3v) is 6.57. The molecular formula is C26H31NO3.